The lowest BCUT2D eigenvalue weighted by Gasteiger charge is -2.49. The topological polar surface area (TPSA) is 213 Å². The largest absolute Gasteiger partial charge is 0.464 e. The number of hydrogen-bond acceptors (Lipinski definition) is 15. The number of carbonyl (C=O) groups is 6. The van der Waals surface area contributed by atoms with Gasteiger partial charge in [0, 0.05) is 34.6 Å². The summed E-state index contributed by atoms with van der Waals surface area (Å²) in [5.74, 6) is -10.6. The van der Waals surface area contributed by atoms with Gasteiger partial charge in [0.15, 0.2) is 18.3 Å². The van der Waals surface area contributed by atoms with Crippen molar-refractivity contribution in [1.82, 2.24) is 4.72 Å². The van der Waals surface area contributed by atoms with E-state index in [0.717, 1.165) is 53.9 Å². The number of benzene rings is 1. The molecular weight excluding hydrogens is 617 g/mol. The molecule has 0 aromatic heterocycles. The van der Waals surface area contributed by atoms with E-state index in [1.165, 1.54) is 18.2 Å². The van der Waals surface area contributed by atoms with E-state index in [1.807, 2.05) is 0 Å². The van der Waals surface area contributed by atoms with Crippen LogP contribution in [0.5, 0.6) is 0 Å². The number of sulfonamides is 1. The van der Waals surface area contributed by atoms with Crippen LogP contribution in [0.4, 0.5) is 4.39 Å². The molecule has 1 aromatic rings. The van der Waals surface area contributed by atoms with Gasteiger partial charge in [-0.1, -0.05) is 18.2 Å². The Labute approximate surface area is 251 Å². The van der Waals surface area contributed by atoms with E-state index in [-0.39, 0.29) is 4.90 Å². The van der Waals surface area contributed by atoms with Crippen LogP contribution in [0.25, 0.3) is 0 Å². The summed E-state index contributed by atoms with van der Waals surface area (Å²) in [6.45, 7) is 3.58. The minimum Gasteiger partial charge on any atom is -0.464 e. The third-order valence-corrected chi connectivity index (χ3v) is 7.32. The van der Waals surface area contributed by atoms with Gasteiger partial charge in [0.25, 0.3) is 0 Å². The Morgan fingerprint density at radius 1 is 0.909 bits per heavy atom. The van der Waals surface area contributed by atoms with Crippen LogP contribution in [0.15, 0.2) is 35.2 Å². The Hall–Kier alpha value is -4.16. The molecule has 0 aliphatic carbocycles. The molecule has 2 rings (SSSR count). The van der Waals surface area contributed by atoms with Gasteiger partial charge in [0.2, 0.25) is 16.2 Å². The minimum atomic E-state index is -4.65. The van der Waals surface area contributed by atoms with Crippen LogP contribution in [-0.2, 0) is 71.9 Å². The van der Waals surface area contributed by atoms with Crippen molar-refractivity contribution in [1.29, 1.82) is 0 Å². The molecule has 1 aliphatic rings. The number of methoxy groups -OCH3 is 1. The molecule has 1 unspecified atom stereocenters. The average molecular weight is 650 g/mol. The monoisotopic (exact) mass is 649 g/mol. The van der Waals surface area contributed by atoms with Gasteiger partial charge < -0.3 is 33.2 Å². The number of alkyl halides is 1. The van der Waals surface area contributed by atoms with Crippen LogP contribution in [0, 0.1) is 0 Å². The lowest BCUT2D eigenvalue weighted by molar-refractivity contribution is -0.325. The predicted octanol–water partition coefficient (Wildman–Crippen LogP) is -0.139. The molecule has 7 atom stereocenters. The van der Waals surface area contributed by atoms with E-state index in [4.69, 9.17) is 28.4 Å². The van der Waals surface area contributed by atoms with Crippen LogP contribution >= 0.6 is 0 Å². The molecule has 0 bridgehead atoms. The molecule has 244 valence electrons. The first-order chi connectivity index (χ1) is 20.4. The highest BCUT2D eigenvalue weighted by atomic mass is 32.2. The molecule has 1 saturated heterocycles. The van der Waals surface area contributed by atoms with Crippen molar-refractivity contribution in [3.63, 3.8) is 0 Å². The van der Waals surface area contributed by atoms with Gasteiger partial charge in [0.1, 0.15) is 12.7 Å². The van der Waals surface area contributed by atoms with Gasteiger partial charge in [-0.2, -0.15) is 0 Å². The molecular formula is C26H32FNO15S. The van der Waals surface area contributed by atoms with Crippen LogP contribution in [0.1, 0.15) is 34.6 Å². The summed E-state index contributed by atoms with van der Waals surface area (Å²) in [6.07, 6.45) is -11.4. The van der Waals surface area contributed by atoms with Crippen molar-refractivity contribution < 1.29 is 74.7 Å². The summed E-state index contributed by atoms with van der Waals surface area (Å²) in [5.41, 5.74) is 0. The molecule has 0 radical (unpaired) electrons. The molecule has 18 heteroatoms. The number of carbonyl (C=O) groups excluding carboxylic acids is 6. The zero-order valence-corrected chi connectivity index (χ0v) is 25.3. The lowest BCUT2D eigenvalue weighted by Crippen LogP contribution is -2.74. The van der Waals surface area contributed by atoms with Gasteiger partial charge >= 0.3 is 41.6 Å². The van der Waals surface area contributed by atoms with E-state index in [1.54, 1.807) is 0 Å². The Kier molecular flexibility index (Phi) is 12.3. The molecule has 1 heterocycles. The van der Waals surface area contributed by atoms with Crippen molar-refractivity contribution in [3.05, 3.63) is 30.3 Å². The molecule has 1 aliphatic heterocycles. The van der Waals surface area contributed by atoms with Gasteiger partial charge in [-0.05, 0) is 12.1 Å². The summed E-state index contributed by atoms with van der Waals surface area (Å²) in [6, 6.07) is 4.46. The van der Waals surface area contributed by atoms with Crippen LogP contribution in [0.3, 0.4) is 0 Å². The lowest BCUT2D eigenvalue weighted by atomic mass is 9.87. The molecule has 1 aromatic carbocycles. The van der Waals surface area contributed by atoms with E-state index in [9.17, 15) is 37.2 Å². The van der Waals surface area contributed by atoms with Crippen LogP contribution in [0.2, 0.25) is 0 Å². The first-order valence-corrected chi connectivity index (χ1v) is 14.3. The zero-order chi connectivity index (χ0) is 33.4. The minimum absolute atomic E-state index is 0.360. The van der Waals surface area contributed by atoms with Crippen LogP contribution < -0.4 is 4.72 Å². The summed E-state index contributed by atoms with van der Waals surface area (Å²) >= 11 is 0. The number of esters is 6. The fourth-order valence-corrected chi connectivity index (χ4v) is 5.57. The third kappa shape index (κ3) is 8.93. The Bertz CT molecular complexity index is 1350. The highest BCUT2D eigenvalue weighted by Gasteiger charge is 2.67. The van der Waals surface area contributed by atoms with Crippen molar-refractivity contribution in [3.8, 4) is 0 Å². The quantitative estimate of drug-likeness (QED) is 0.230. The van der Waals surface area contributed by atoms with Crippen molar-refractivity contribution in [2.45, 2.75) is 81.9 Å². The SMILES string of the molecule is COC(=O)[C@@]1(OC(C)=O)O[C@H]([C@H](OC(C)=O)C(COC(C)=O)OC(C)=O)[C@H](NS(=O)(=O)c2ccccc2)[C@H](OC(C)=O)[C@H]1F. The van der Waals surface area contributed by atoms with E-state index < -0.39 is 94.9 Å². The van der Waals surface area contributed by atoms with Gasteiger partial charge in [0.05, 0.1) is 18.0 Å². The summed E-state index contributed by atoms with van der Waals surface area (Å²) in [7, 11) is -3.88. The fraction of sp³-hybridized carbons (Fsp3) is 0.538. The van der Waals surface area contributed by atoms with E-state index in [0.29, 0.717) is 0 Å². The number of hydrogen-bond donors (Lipinski definition) is 1. The molecule has 0 saturated carbocycles. The maximum absolute atomic E-state index is 16.4. The van der Waals surface area contributed by atoms with Gasteiger partial charge in [-0.25, -0.2) is 22.3 Å². The Morgan fingerprint density at radius 3 is 1.98 bits per heavy atom. The third-order valence-electron chi connectivity index (χ3n) is 5.84. The second-order valence-corrected chi connectivity index (χ2v) is 11.0. The molecule has 1 N–H and O–H groups in total. The first kappa shape index (κ1) is 36.0. The second-order valence-electron chi connectivity index (χ2n) is 9.30. The number of halogens is 1. The maximum atomic E-state index is 16.4. The Balaban J connectivity index is 2.93. The standard InChI is InChI=1S/C26H32FNO15S/c1-13(29)38-12-19(39-14(2)30)21(40-15(3)31)22-20(28-44(35,36)18-10-8-7-9-11-18)23(41-16(4)32)24(27)26(43-22,25(34)37-6)42-17(5)33/h7-11,19-24,28H,12H2,1-6H3/t19?,20-,21+,22-,23-,24+,26-/m0/s1. The molecule has 16 nitrogen and oxygen atoms in total. The molecule has 1 fully saturated rings. The molecule has 0 amide bonds. The summed E-state index contributed by atoms with van der Waals surface area (Å²) in [5, 5.41) is 0. The zero-order valence-electron chi connectivity index (χ0n) is 24.5. The van der Waals surface area contributed by atoms with Gasteiger partial charge in [-0.15, -0.1) is 0 Å². The second kappa shape index (κ2) is 15.0. The van der Waals surface area contributed by atoms with E-state index in [2.05, 4.69) is 9.46 Å². The smallest absolute Gasteiger partial charge is 0.383 e. The first-order valence-electron chi connectivity index (χ1n) is 12.8. The van der Waals surface area contributed by atoms with Crippen LogP contribution in [-0.4, -0.2) is 100 Å². The van der Waals surface area contributed by atoms with E-state index >= 15 is 4.39 Å². The number of rotatable bonds is 12. The van der Waals surface area contributed by atoms with Crippen molar-refractivity contribution >= 4 is 45.8 Å². The highest BCUT2D eigenvalue weighted by Crippen LogP contribution is 2.39. The van der Waals surface area contributed by atoms with Gasteiger partial charge in [-0.3, -0.25) is 24.0 Å². The number of nitrogens with one attached hydrogen (secondary N) is 1. The molecule has 0 spiro atoms. The van der Waals surface area contributed by atoms with Crippen molar-refractivity contribution in [2.75, 3.05) is 13.7 Å². The average Bonchev–Trinajstić information content (AvgIpc) is 2.92. The highest BCUT2D eigenvalue weighted by molar-refractivity contribution is 7.89. The fourth-order valence-electron chi connectivity index (χ4n) is 4.30. The predicted molar refractivity (Wildman–Crippen MR) is 140 cm³/mol. The number of ether oxygens (including phenoxy) is 7. The Morgan fingerprint density at radius 2 is 1.50 bits per heavy atom. The summed E-state index contributed by atoms with van der Waals surface area (Å²) < 4.78 is 81.2. The van der Waals surface area contributed by atoms with Crippen molar-refractivity contribution in [2.24, 2.45) is 0 Å². The normalized spacial score (nSPS) is 24.5. The summed E-state index contributed by atoms with van der Waals surface area (Å²) in [4.78, 5) is 72.9. The maximum Gasteiger partial charge on any atom is 0.383 e. The molecule has 44 heavy (non-hydrogen) atoms.